The highest BCUT2D eigenvalue weighted by molar-refractivity contribution is 14.1. The molecule has 0 unspecified atom stereocenters. The summed E-state index contributed by atoms with van der Waals surface area (Å²) < 4.78 is 2.93. The van der Waals surface area contributed by atoms with Gasteiger partial charge >= 0.3 is 0 Å². The molecule has 0 saturated carbocycles. The standard InChI is InChI=1S/C14H12IN5/c15-11-5-4-6-12(9-11)16-10-14-17-18-19-20(14)13-7-2-1-3-8-13/h1-9,16H,10H2. The number of nitrogens with zero attached hydrogens (tertiary/aromatic N) is 4. The summed E-state index contributed by atoms with van der Waals surface area (Å²) in [6, 6.07) is 18.0. The first-order chi connectivity index (χ1) is 9.83. The van der Waals surface area contributed by atoms with Crippen LogP contribution in [-0.2, 0) is 6.54 Å². The molecule has 1 heterocycles. The van der Waals surface area contributed by atoms with E-state index in [1.807, 2.05) is 42.5 Å². The lowest BCUT2D eigenvalue weighted by molar-refractivity contribution is 0.768. The molecule has 0 bridgehead atoms. The van der Waals surface area contributed by atoms with Crippen LogP contribution in [0.15, 0.2) is 54.6 Å². The number of nitrogens with one attached hydrogen (secondary N) is 1. The minimum atomic E-state index is 0.571. The maximum Gasteiger partial charge on any atom is 0.175 e. The number of anilines is 1. The van der Waals surface area contributed by atoms with Crippen LogP contribution in [0, 0.1) is 3.57 Å². The number of rotatable bonds is 4. The Bertz CT molecular complexity index is 696. The summed E-state index contributed by atoms with van der Waals surface area (Å²) in [5, 5.41) is 15.2. The third-order valence-electron chi connectivity index (χ3n) is 2.81. The SMILES string of the molecule is Ic1cccc(NCc2nnnn2-c2ccccc2)c1. The number of hydrogen-bond acceptors (Lipinski definition) is 4. The summed E-state index contributed by atoms with van der Waals surface area (Å²) in [5.41, 5.74) is 2.01. The van der Waals surface area contributed by atoms with Crippen molar-refractivity contribution < 1.29 is 0 Å². The number of halogens is 1. The van der Waals surface area contributed by atoms with E-state index in [-0.39, 0.29) is 0 Å². The van der Waals surface area contributed by atoms with Gasteiger partial charge in [0.2, 0.25) is 0 Å². The van der Waals surface area contributed by atoms with Gasteiger partial charge in [0.25, 0.3) is 0 Å². The Morgan fingerprint density at radius 2 is 1.90 bits per heavy atom. The minimum Gasteiger partial charge on any atom is -0.378 e. The van der Waals surface area contributed by atoms with E-state index in [1.54, 1.807) is 4.68 Å². The van der Waals surface area contributed by atoms with E-state index in [0.717, 1.165) is 17.2 Å². The quantitative estimate of drug-likeness (QED) is 0.711. The maximum absolute atomic E-state index is 4.07. The smallest absolute Gasteiger partial charge is 0.175 e. The molecule has 0 spiro atoms. The van der Waals surface area contributed by atoms with Gasteiger partial charge in [-0.2, -0.15) is 4.68 Å². The summed E-state index contributed by atoms with van der Waals surface area (Å²) in [6.07, 6.45) is 0. The van der Waals surface area contributed by atoms with Crippen LogP contribution in [0.5, 0.6) is 0 Å². The molecule has 0 fully saturated rings. The van der Waals surface area contributed by atoms with E-state index >= 15 is 0 Å². The van der Waals surface area contributed by atoms with Gasteiger partial charge in [-0.25, -0.2) is 0 Å². The second-order valence-electron chi connectivity index (χ2n) is 4.21. The molecule has 6 heteroatoms. The fourth-order valence-electron chi connectivity index (χ4n) is 1.87. The Hall–Kier alpha value is -1.96. The minimum absolute atomic E-state index is 0.571. The van der Waals surface area contributed by atoms with Crippen molar-refractivity contribution in [2.45, 2.75) is 6.54 Å². The molecule has 0 aliphatic rings. The van der Waals surface area contributed by atoms with Crippen LogP contribution < -0.4 is 5.32 Å². The highest BCUT2D eigenvalue weighted by atomic mass is 127. The van der Waals surface area contributed by atoms with Crippen molar-refractivity contribution in [3.8, 4) is 5.69 Å². The Morgan fingerprint density at radius 1 is 1.05 bits per heavy atom. The third kappa shape index (κ3) is 2.96. The van der Waals surface area contributed by atoms with E-state index in [4.69, 9.17) is 0 Å². The Morgan fingerprint density at radius 3 is 2.70 bits per heavy atom. The van der Waals surface area contributed by atoms with Gasteiger partial charge in [0, 0.05) is 9.26 Å². The van der Waals surface area contributed by atoms with E-state index in [2.05, 4.69) is 55.6 Å². The molecule has 100 valence electrons. The number of hydrogen-bond donors (Lipinski definition) is 1. The first kappa shape index (κ1) is 13.0. The second-order valence-corrected chi connectivity index (χ2v) is 5.45. The van der Waals surface area contributed by atoms with Gasteiger partial charge in [-0.1, -0.05) is 24.3 Å². The molecule has 1 aromatic heterocycles. The van der Waals surface area contributed by atoms with Crippen molar-refractivity contribution in [1.29, 1.82) is 0 Å². The van der Waals surface area contributed by atoms with E-state index in [1.165, 1.54) is 3.57 Å². The molecular weight excluding hydrogens is 365 g/mol. The Balaban J connectivity index is 1.78. The topological polar surface area (TPSA) is 55.6 Å². The first-order valence-electron chi connectivity index (χ1n) is 6.15. The molecular formula is C14H12IN5. The average Bonchev–Trinajstić information content (AvgIpc) is 2.95. The molecule has 0 atom stereocenters. The molecule has 2 aromatic carbocycles. The van der Waals surface area contributed by atoms with Gasteiger partial charge in [-0.05, 0) is 63.3 Å². The molecule has 0 amide bonds. The highest BCUT2D eigenvalue weighted by Gasteiger charge is 2.07. The first-order valence-corrected chi connectivity index (χ1v) is 7.23. The van der Waals surface area contributed by atoms with E-state index in [9.17, 15) is 0 Å². The zero-order valence-corrected chi connectivity index (χ0v) is 12.7. The zero-order valence-electron chi connectivity index (χ0n) is 10.6. The summed E-state index contributed by atoms with van der Waals surface area (Å²) in [7, 11) is 0. The van der Waals surface area contributed by atoms with E-state index in [0.29, 0.717) is 6.54 Å². The largest absolute Gasteiger partial charge is 0.378 e. The summed E-state index contributed by atoms with van der Waals surface area (Å²) in [4.78, 5) is 0. The molecule has 1 N–H and O–H groups in total. The normalized spacial score (nSPS) is 10.4. The van der Waals surface area contributed by atoms with Crippen LogP contribution in [0.3, 0.4) is 0 Å². The summed E-state index contributed by atoms with van der Waals surface area (Å²) in [6.45, 7) is 0.571. The van der Waals surface area contributed by atoms with Crippen molar-refractivity contribution in [2.24, 2.45) is 0 Å². The van der Waals surface area contributed by atoms with Crippen LogP contribution in [0.25, 0.3) is 5.69 Å². The lowest BCUT2D eigenvalue weighted by Crippen LogP contribution is -2.08. The van der Waals surface area contributed by atoms with Crippen molar-refractivity contribution in [3.05, 3.63) is 64.0 Å². The lowest BCUT2D eigenvalue weighted by atomic mass is 10.3. The van der Waals surface area contributed by atoms with Crippen LogP contribution >= 0.6 is 22.6 Å². The fraction of sp³-hybridized carbons (Fsp3) is 0.0714. The number of para-hydroxylation sites is 1. The monoisotopic (exact) mass is 377 g/mol. The number of aromatic nitrogens is 4. The molecule has 0 radical (unpaired) electrons. The van der Waals surface area contributed by atoms with Gasteiger partial charge in [0.1, 0.15) is 0 Å². The molecule has 0 aliphatic carbocycles. The Labute approximate surface area is 130 Å². The predicted molar refractivity (Wildman–Crippen MR) is 85.6 cm³/mol. The van der Waals surface area contributed by atoms with Crippen molar-refractivity contribution in [2.75, 3.05) is 5.32 Å². The van der Waals surface area contributed by atoms with E-state index < -0.39 is 0 Å². The molecule has 3 aromatic rings. The molecule has 5 nitrogen and oxygen atoms in total. The van der Waals surface area contributed by atoms with Crippen LogP contribution in [0.4, 0.5) is 5.69 Å². The molecule has 3 rings (SSSR count). The van der Waals surface area contributed by atoms with Crippen molar-refractivity contribution >= 4 is 28.3 Å². The second kappa shape index (κ2) is 6.00. The van der Waals surface area contributed by atoms with Gasteiger partial charge in [0.05, 0.1) is 12.2 Å². The summed E-state index contributed by atoms with van der Waals surface area (Å²) in [5.74, 6) is 0.773. The van der Waals surface area contributed by atoms with Crippen LogP contribution in [0.2, 0.25) is 0 Å². The van der Waals surface area contributed by atoms with Gasteiger partial charge < -0.3 is 5.32 Å². The van der Waals surface area contributed by atoms with Crippen molar-refractivity contribution in [1.82, 2.24) is 20.2 Å². The van der Waals surface area contributed by atoms with Gasteiger partial charge in [-0.3, -0.25) is 0 Å². The highest BCUT2D eigenvalue weighted by Crippen LogP contribution is 2.14. The maximum atomic E-state index is 4.07. The van der Waals surface area contributed by atoms with Crippen LogP contribution in [0.1, 0.15) is 5.82 Å². The molecule has 20 heavy (non-hydrogen) atoms. The zero-order chi connectivity index (χ0) is 13.8. The van der Waals surface area contributed by atoms with Gasteiger partial charge in [0.15, 0.2) is 5.82 Å². The average molecular weight is 377 g/mol. The molecule has 0 saturated heterocycles. The van der Waals surface area contributed by atoms with Gasteiger partial charge in [-0.15, -0.1) is 5.10 Å². The number of benzene rings is 2. The van der Waals surface area contributed by atoms with Crippen LogP contribution in [-0.4, -0.2) is 20.2 Å². The lowest BCUT2D eigenvalue weighted by Gasteiger charge is -2.07. The van der Waals surface area contributed by atoms with Crippen molar-refractivity contribution in [3.63, 3.8) is 0 Å². The summed E-state index contributed by atoms with van der Waals surface area (Å²) >= 11 is 2.29. The Kier molecular flexibility index (Phi) is 3.91. The number of tetrazole rings is 1. The third-order valence-corrected chi connectivity index (χ3v) is 3.48. The predicted octanol–water partition coefficient (Wildman–Crippen LogP) is 2.88. The fourth-order valence-corrected chi connectivity index (χ4v) is 2.41. The molecule has 0 aliphatic heterocycles.